The van der Waals surface area contributed by atoms with Gasteiger partial charge in [0.1, 0.15) is 11.3 Å². The summed E-state index contributed by atoms with van der Waals surface area (Å²) in [5.41, 5.74) is -0.477. The number of amides is 1. The first kappa shape index (κ1) is 23.6. The highest BCUT2D eigenvalue weighted by molar-refractivity contribution is 7.92. The molecule has 0 spiro atoms. The topological polar surface area (TPSA) is 102 Å². The van der Waals surface area contributed by atoms with Gasteiger partial charge in [-0.1, -0.05) is 25.3 Å². The standard InChI is InChI=1S/C23H28N2O6S/c1-25(18-10-12-19(30-2)13-11-18)32(28,29)20-9-7-8-17(16-20)21(26)24-23(22(27)31-3)14-5-4-6-15-23/h7-13,16H,4-6,14-15H2,1-3H3,(H,24,26). The van der Waals surface area contributed by atoms with E-state index in [9.17, 15) is 18.0 Å². The molecule has 172 valence electrons. The van der Waals surface area contributed by atoms with E-state index in [0.29, 0.717) is 24.3 Å². The molecule has 1 aliphatic carbocycles. The SMILES string of the molecule is COC(=O)C1(NC(=O)c2cccc(S(=O)(=O)N(C)c3ccc(OC)cc3)c2)CCCCC1. The number of anilines is 1. The van der Waals surface area contributed by atoms with Crippen LogP contribution < -0.4 is 14.4 Å². The van der Waals surface area contributed by atoms with Crippen LogP contribution in [0.5, 0.6) is 5.75 Å². The van der Waals surface area contributed by atoms with Crippen molar-refractivity contribution in [2.75, 3.05) is 25.6 Å². The molecule has 3 rings (SSSR count). The number of nitrogens with zero attached hydrogens (tertiary/aromatic N) is 1. The quantitative estimate of drug-likeness (QED) is 0.637. The van der Waals surface area contributed by atoms with Crippen molar-refractivity contribution in [3.8, 4) is 5.75 Å². The largest absolute Gasteiger partial charge is 0.497 e. The fraction of sp³-hybridized carbons (Fsp3) is 0.391. The zero-order valence-electron chi connectivity index (χ0n) is 18.5. The van der Waals surface area contributed by atoms with E-state index in [4.69, 9.17) is 9.47 Å². The molecule has 0 aliphatic heterocycles. The lowest BCUT2D eigenvalue weighted by atomic mass is 9.81. The van der Waals surface area contributed by atoms with Crippen molar-refractivity contribution in [3.63, 3.8) is 0 Å². The van der Waals surface area contributed by atoms with Crippen LogP contribution in [0.1, 0.15) is 42.5 Å². The molecule has 0 radical (unpaired) electrons. The van der Waals surface area contributed by atoms with E-state index >= 15 is 0 Å². The number of carbonyl (C=O) groups is 2. The number of hydrogen-bond acceptors (Lipinski definition) is 6. The molecule has 8 nitrogen and oxygen atoms in total. The van der Waals surface area contributed by atoms with Crippen LogP contribution in [0.4, 0.5) is 5.69 Å². The van der Waals surface area contributed by atoms with Crippen LogP contribution in [0.15, 0.2) is 53.4 Å². The van der Waals surface area contributed by atoms with Crippen molar-refractivity contribution < 1.29 is 27.5 Å². The Hall–Kier alpha value is -3.07. The van der Waals surface area contributed by atoms with Gasteiger partial charge in [-0.15, -0.1) is 0 Å². The Bertz CT molecular complexity index is 1080. The van der Waals surface area contributed by atoms with Crippen molar-refractivity contribution in [1.29, 1.82) is 0 Å². The molecular formula is C23H28N2O6S. The van der Waals surface area contributed by atoms with Crippen LogP contribution >= 0.6 is 0 Å². The highest BCUT2D eigenvalue weighted by atomic mass is 32.2. The van der Waals surface area contributed by atoms with Crippen molar-refractivity contribution in [2.24, 2.45) is 0 Å². The molecule has 1 saturated carbocycles. The number of esters is 1. The molecule has 1 amide bonds. The van der Waals surface area contributed by atoms with E-state index in [2.05, 4.69) is 5.32 Å². The third-order valence-electron chi connectivity index (χ3n) is 5.83. The molecule has 0 atom stereocenters. The minimum atomic E-state index is -3.92. The second-order valence-electron chi connectivity index (χ2n) is 7.79. The maximum Gasteiger partial charge on any atom is 0.331 e. The predicted molar refractivity (Wildman–Crippen MR) is 120 cm³/mol. The van der Waals surface area contributed by atoms with Gasteiger partial charge in [-0.3, -0.25) is 9.10 Å². The molecule has 9 heteroatoms. The van der Waals surface area contributed by atoms with Gasteiger partial charge in [-0.2, -0.15) is 0 Å². The number of methoxy groups -OCH3 is 2. The summed E-state index contributed by atoms with van der Waals surface area (Å²) in [5.74, 6) is -0.379. The maximum atomic E-state index is 13.2. The van der Waals surface area contributed by atoms with E-state index < -0.39 is 27.4 Å². The summed E-state index contributed by atoms with van der Waals surface area (Å²) in [6.07, 6.45) is 3.57. The van der Waals surface area contributed by atoms with E-state index in [-0.39, 0.29) is 10.5 Å². The van der Waals surface area contributed by atoms with Crippen LogP contribution in [0.25, 0.3) is 0 Å². The Balaban J connectivity index is 1.86. The molecule has 1 aliphatic rings. The number of hydrogen-bond donors (Lipinski definition) is 1. The summed E-state index contributed by atoms with van der Waals surface area (Å²) in [4.78, 5) is 25.4. The van der Waals surface area contributed by atoms with Gasteiger partial charge in [0.2, 0.25) is 0 Å². The van der Waals surface area contributed by atoms with Gasteiger partial charge >= 0.3 is 5.97 Å². The van der Waals surface area contributed by atoms with Gasteiger partial charge in [0, 0.05) is 12.6 Å². The van der Waals surface area contributed by atoms with Crippen LogP contribution in [0.3, 0.4) is 0 Å². The Morgan fingerprint density at radius 1 is 1.00 bits per heavy atom. The second-order valence-corrected chi connectivity index (χ2v) is 9.76. The molecular weight excluding hydrogens is 432 g/mol. The van der Waals surface area contributed by atoms with Gasteiger partial charge in [-0.05, 0) is 55.3 Å². The number of sulfonamides is 1. The third-order valence-corrected chi connectivity index (χ3v) is 7.61. The summed E-state index contributed by atoms with van der Waals surface area (Å²) < 4.78 is 37.5. The van der Waals surface area contributed by atoms with Crippen molar-refractivity contribution >= 4 is 27.6 Å². The molecule has 0 bridgehead atoms. The normalized spacial score (nSPS) is 15.5. The first-order valence-corrected chi connectivity index (χ1v) is 11.8. The molecule has 0 unspecified atom stereocenters. The smallest absolute Gasteiger partial charge is 0.331 e. The van der Waals surface area contributed by atoms with Crippen molar-refractivity contribution in [2.45, 2.75) is 42.5 Å². The van der Waals surface area contributed by atoms with Crippen molar-refractivity contribution in [1.82, 2.24) is 5.32 Å². The molecule has 1 fully saturated rings. The van der Waals surface area contributed by atoms with Gasteiger partial charge < -0.3 is 14.8 Å². The number of ether oxygens (including phenoxy) is 2. The summed E-state index contributed by atoms with van der Waals surface area (Å²) in [5, 5.41) is 2.82. The first-order chi connectivity index (χ1) is 15.2. The average molecular weight is 461 g/mol. The summed E-state index contributed by atoms with van der Waals surface area (Å²) >= 11 is 0. The Morgan fingerprint density at radius 3 is 2.25 bits per heavy atom. The van der Waals surface area contributed by atoms with E-state index in [1.165, 1.54) is 45.5 Å². The fourth-order valence-corrected chi connectivity index (χ4v) is 5.15. The molecule has 0 heterocycles. The monoisotopic (exact) mass is 460 g/mol. The number of carbonyl (C=O) groups excluding carboxylic acids is 2. The van der Waals surface area contributed by atoms with E-state index in [0.717, 1.165) is 23.6 Å². The summed E-state index contributed by atoms with van der Waals surface area (Å²) in [6.45, 7) is 0. The Morgan fingerprint density at radius 2 is 1.66 bits per heavy atom. The Kier molecular flexibility index (Phi) is 7.08. The van der Waals surface area contributed by atoms with Crippen LogP contribution in [0, 0.1) is 0 Å². The lowest BCUT2D eigenvalue weighted by Crippen LogP contribution is -2.56. The van der Waals surface area contributed by atoms with E-state index in [1.54, 1.807) is 24.3 Å². The lowest BCUT2D eigenvalue weighted by molar-refractivity contribution is -0.149. The summed E-state index contributed by atoms with van der Waals surface area (Å²) in [6, 6.07) is 12.4. The van der Waals surface area contributed by atoms with Gasteiger partial charge in [0.05, 0.1) is 24.8 Å². The first-order valence-electron chi connectivity index (χ1n) is 10.4. The van der Waals surface area contributed by atoms with Gasteiger partial charge in [-0.25, -0.2) is 13.2 Å². The zero-order chi connectivity index (χ0) is 23.4. The number of benzene rings is 2. The predicted octanol–water partition coefficient (Wildman–Crippen LogP) is 3.13. The highest BCUT2D eigenvalue weighted by Crippen LogP contribution is 2.30. The van der Waals surface area contributed by atoms with Crippen LogP contribution in [-0.2, 0) is 19.6 Å². The fourth-order valence-electron chi connectivity index (χ4n) is 3.91. The minimum absolute atomic E-state index is 0.0285. The number of nitrogens with one attached hydrogen (secondary N) is 1. The van der Waals surface area contributed by atoms with Crippen molar-refractivity contribution in [3.05, 3.63) is 54.1 Å². The molecule has 32 heavy (non-hydrogen) atoms. The van der Waals surface area contributed by atoms with Crippen LogP contribution in [-0.4, -0.2) is 47.1 Å². The second kappa shape index (κ2) is 9.60. The molecule has 1 N–H and O–H groups in total. The van der Waals surface area contributed by atoms with E-state index in [1.807, 2.05) is 0 Å². The van der Waals surface area contributed by atoms with Gasteiger partial charge in [0.25, 0.3) is 15.9 Å². The third kappa shape index (κ3) is 4.72. The summed E-state index contributed by atoms with van der Waals surface area (Å²) in [7, 11) is 0.357. The molecule has 2 aromatic carbocycles. The zero-order valence-corrected chi connectivity index (χ0v) is 19.3. The molecule has 0 saturated heterocycles. The average Bonchev–Trinajstić information content (AvgIpc) is 2.83. The highest BCUT2D eigenvalue weighted by Gasteiger charge is 2.42. The lowest BCUT2D eigenvalue weighted by Gasteiger charge is -2.35. The van der Waals surface area contributed by atoms with Crippen LogP contribution in [0.2, 0.25) is 0 Å². The molecule has 0 aromatic heterocycles. The Labute approximate surface area is 188 Å². The molecule has 2 aromatic rings. The number of rotatable bonds is 7. The maximum absolute atomic E-state index is 13.2. The van der Waals surface area contributed by atoms with Gasteiger partial charge in [0.15, 0.2) is 0 Å². The minimum Gasteiger partial charge on any atom is -0.497 e.